The van der Waals surface area contributed by atoms with Crippen LogP contribution in [0.25, 0.3) is 0 Å². The molecule has 1 fully saturated rings. The number of nitrogens with one attached hydrogen (secondary N) is 2. The summed E-state index contributed by atoms with van der Waals surface area (Å²) in [5, 5.41) is 14.3. The Hall–Kier alpha value is -0.770. The molecule has 0 spiro atoms. The molecule has 0 aliphatic heterocycles. The van der Waals surface area contributed by atoms with Crippen molar-refractivity contribution in [2.24, 2.45) is 5.92 Å². The Kier molecular flexibility index (Phi) is 4.02. The number of aliphatic hydroxyl groups is 1. The molecule has 0 heterocycles. The van der Waals surface area contributed by atoms with Crippen molar-refractivity contribution in [3.05, 3.63) is 0 Å². The van der Waals surface area contributed by atoms with E-state index in [0.717, 1.165) is 12.8 Å². The molecule has 1 aliphatic rings. The predicted octanol–water partition coefficient (Wildman–Crippen LogP) is 0.466. The molecule has 1 unspecified atom stereocenters. The summed E-state index contributed by atoms with van der Waals surface area (Å²) >= 11 is 0. The molecule has 1 atom stereocenters. The van der Waals surface area contributed by atoms with Crippen LogP contribution >= 0.6 is 0 Å². The molecule has 13 heavy (non-hydrogen) atoms. The summed E-state index contributed by atoms with van der Waals surface area (Å²) in [5.41, 5.74) is 0. The first-order chi connectivity index (χ1) is 6.22. The lowest BCUT2D eigenvalue weighted by Crippen LogP contribution is -2.46. The van der Waals surface area contributed by atoms with Crippen LogP contribution in [0.3, 0.4) is 0 Å². The van der Waals surface area contributed by atoms with Gasteiger partial charge in [-0.25, -0.2) is 4.79 Å². The third-order valence-electron chi connectivity index (χ3n) is 2.36. The minimum absolute atomic E-state index is 0.106. The third-order valence-corrected chi connectivity index (χ3v) is 2.36. The highest BCUT2D eigenvalue weighted by Gasteiger charge is 2.19. The molecule has 4 heteroatoms. The van der Waals surface area contributed by atoms with E-state index in [0.29, 0.717) is 12.6 Å². The van der Waals surface area contributed by atoms with Crippen LogP contribution in [0.1, 0.15) is 26.2 Å². The minimum Gasteiger partial charge on any atom is -0.396 e. The van der Waals surface area contributed by atoms with Crippen molar-refractivity contribution < 1.29 is 9.90 Å². The number of aliphatic hydroxyl groups excluding tert-OH is 1. The van der Waals surface area contributed by atoms with E-state index in [2.05, 4.69) is 10.6 Å². The quantitative estimate of drug-likeness (QED) is 0.597. The Morgan fingerprint density at radius 3 is 2.77 bits per heavy atom. The van der Waals surface area contributed by atoms with Crippen LogP contribution in [-0.2, 0) is 0 Å². The van der Waals surface area contributed by atoms with E-state index in [4.69, 9.17) is 5.11 Å². The van der Waals surface area contributed by atoms with E-state index in [-0.39, 0.29) is 18.6 Å². The fourth-order valence-electron chi connectivity index (χ4n) is 1.12. The summed E-state index contributed by atoms with van der Waals surface area (Å²) in [7, 11) is 0. The first-order valence-corrected chi connectivity index (χ1v) is 4.87. The molecule has 76 valence electrons. The number of carbonyl (C=O) groups excluding carboxylic acids is 1. The summed E-state index contributed by atoms with van der Waals surface area (Å²) in [4.78, 5) is 11.2. The van der Waals surface area contributed by atoms with E-state index >= 15 is 0 Å². The lowest BCUT2D eigenvalue weighted by molar-refractivity contribution is 0.215. The molecule has 0 radical (unpaired) electrons. The van der Waals surface area contributed by atoms with Gasteiger partial charge in [0, 0.05) is 19.2 Å². The van der Waals surface area contributed by atoms with Gasteiger partial charge in [0.1, 0.15) is 0 Å². The van der Waals surface area contributed by atoms with Crippen molar-refractivity contribution in [3.8, 4) is 0 Å². The maximum atomic E-state index is 11.2. The molecule has 0 aromatic rings. The van der Waals surface area contributed by atoms with Crippen LogP contribution in [0.5, 0.6) is 0 Å². The molecular weight excluding hydrogens is 168 g/mol. The largest absolute Gasteiger partial charge is 0.396 e. The maximum absolute atomic E-state index is 11.2. The first-order valence-electron chi connectivity index (χ1n) is 4.87. The van der Waals surface area contributed by atoms with Gasteiger partial charge >= 0.3 is 6.03 Å². The minimum atomic E-state index is -0.106. The second-order valence-corrected chi connectivity index (χ2v) is 3.77. The van der Waals surface area contributed by atoms with Crippen LogP contribution in [-0.4, -0.2) is 30.3 Å². The standard InChI is InChI=1S/C9H18N2O2/c1-7(6-12)5-10-9(13)11-8-3-2-4-8/h7-8,12H,2-6H2,1H3,(H2,10,11,13). The second-order valence-electron chi connectivity index (χ2n) is 3.77. The summed E-state index contributed by atoms with van der Waals surface area (Å²) < 4.78 is 0. The van der Waals surface area contributed by atoms with E-state index in [1.165, 1.54) is 6.42 Å². The van der Waals surface area contributed by atoms with Gasteiger partial charge in [-0.3, -0.25) is 0 Å². The Morgan fingerprint density at radius 1 is 1.62 bits per heavy atom. The average Bonchev–Trinajstić information content (AvgIpc) is 2.07. The molecule has 0 bridgehead atoms. The SMILES string of the molecule is CC(CO)CNC(=O)NC1CCC1. The maximum Gasteiger partial charge on any atom is 0.315 e. The molecule has 1 saturated carbocycles. The fraction of sp³-hybridized carbons (Fsp3) is 0.889. The summed E-state index contributed by atoms with van der Waals surface area (Å²) in [6, 6.07) is 0.273. The lowest BCUT2D eigenvalue weighted by atomic mass is 9.93. The highest BCUT2D eigenvalue weighted by molar-refractivity contribution is 5.74. The van der Waals surface area contributed by atoms with Gasteiger partial charge in [-0.15, -0.1) is 0 Å². The number of hydrogen-bond donors (Lipinski definition) is 3. The number of rotatable bonds is 4. The topological polar surface area (TPSA) is 61.4 Å². The zero-order chi connectivity index (χ0) is 9.68. The number of carbonyl (C=O) groups is 1. The molecule has 3 N–H and O–H groups in total. The molecule has 2 amide bonds. The molecular formula is C9H18N2O2. The van der Waals surface area contributed by atoms with E-state index in [1.54, 1.807) is 0 Å². The number of urea groups is 1. The zero-order valence-electron chi connectivity index (χ0n) is 8.05. The van der Waals surface area contributed by atoms with E-state index in [1.807, 2.05) is 6.92 Å². The van der Waals surface area contributed by atoms with Gasteiger partial charge in [0.05, 0.1) is 0 Å². The van der Waals surface area contributed by atoms with Gasteiger partial charge in [-0.1, -0.05) is 6.92 Å². The van der Waals surface area contributed by atoms with Crippen molar-refractivity contribution >= 4 is 6.03 Å². The Labute approximate surface area is 78.7 Å². The van der Waals surface area contributed by atoms with Crippen LogP contribution in [0.2, 0.25) is 0 Å². The van der Waals surface area contributed by atoms with Crippen molar-refractivity contribution in [2.75, 3.05) is 13.2 Å². The Bertz CT molecular complexity index is 169. The van der Waals surface area contributed by atoms with Crippen molar-refractivity contribution in [2.45, 2.75) is 32.2 Å². The average molecular weight is 186 g/mol. The highest BCUT2D eigenvalue weighted by Crippen LogP contribution is 2.17. The highest BCUT2D eigenvalue weighted by atomic mass is 16.3. The Morgan fingerprint density at radius 2 is 2.31 bits per heavy atom. The second kappa shape index (κ2) is 5.07. The van der Waals surface area contributed by atoms with E-state index < -0.39 is 0 Å². The predicted molar refractivity (Wildman–Crippen MR) is 50.4 cm³/mol. The summed E-state index contributed by atoms with van der Waals surface area (Å²) in [6.07, 6.45) is 3.42. The third kappa shape index (κ3) is 3.63. The monoisotopic (exact) mass is 186 g/mol. The van der Waals surface area contributed by atoms with Crippen LogP contribution in [0, 0.1) is 5.92 Å². The van der Waals surface area contributed by atoms with Gasteiger partial charge in [-0.05, 0) is 25.2 Å². The van der Waals surface area contributed by atoms with Crippen molar-refractivity contribution in [1.82, 2.24) is 10.6 Å². The van der Waals surface area contributed by atoms with Crippen LogP contribution in [0.4, 0.5) is 4.79 Å². The van der Waals surface area contributed by atoms with Gasteiger partial charge in [0.15, 0.2) is 0 Å². The van der Waals surface area contributed by atoms with Gasteiger partial charge in [0.25, 0.3) is 0 Å². The van der Waals surface area contributed by atoms with Crippen LogP contribution in [0.15, 0.2) is 0 Å². The van der Waals surface area contributed by atoms with E-state index in [9.17, 15) is 4.79 Å². The number of amides is 2. The lowest BCUT2D eigenvalue weighted by Gasteiger charge is -2.26. The van der Waals surface area contributed by atoms with Crippen molar-refractivity contribution in [1.29, 1.82) is 0 Å². The van der Waals surface area contributed by atoms with Crippen LogP contribution < -0.4 is 10.6 Å². The molecule has 0 aromatic heterocycles. The fourth-order valence-corrected chi connectivity index (χ4v) is 1.12. The normalized spacial score (nSPS) is 18.9. The summed E-state index contributed by atoms with van der Waals surface area (Å²) in [6.45, 7) is 2.54. The molecule has 1 rings (SSSR count). The zero-order valence-corrected chi connectivity index (χ0v) is 8.05. The number of hydrogen-bond acceptors (Lipinski definition) is 2. The van der Waals surface area contributed by atoms with Crippen molar-refractivity contribution in [3.63, 3.8) is 0 Å². The molecule has 0 saturated heterocycles. The van der Waals surface area contributed by atoms with Gasteiger partial charge < -0.3 is 15.7 Å². The molecule has 0 aromatic carbocycles. The molecule has 4 nitrogen and oxygen atoms in total. The van der Waals surface area contributed by atoms with Gasteiger partial charge in [-0.2, -0.15) is 0 Å². The summed E-state index contributed by atoms with van der Waals surface area (Å²) in [5.74, 6) is 0.132. The van der Waals surface area contributed by atoms with Gasteiger partial charge in [0.2, 0.25) is 0 Å². The molecule has 1 aliphatic carbocycles. The first kappa shape index (κ1) is 10.3. The Balaban J connectivity index is 2.03. The smallest absolute Gasteiger partial charge is 0.315 e.